The van der Waals surface area contributed by atoms with Crippen LogP contribution < -0.4 is 4.90 Å². The number of aldehydes is 1. The zero-order valence-electron chi connectivity index (χ0n) is 10.5. The van der Waals surface area contributed by atoms with Crippen LogP contribution in [0.3, 0.4) is 0 Å². The molecule has 6 nitrogen and oxygen atoms in total. The van der Waals surface area contributed by atoms with E-state index in [0.717, 1.165) is 17.5 Å². The lowest BCUT2D eigenvalue weighted by atomic mass is 9.95. The molecule has 1 aromatic rings. The van der Waals surface area contributed by atoms with Crippen LogP contribution >= 0.6 is 0 Å². The fraction of sp³-hybridized carbons (Fsp3) is 0.385. The van der Waals surface area contributed by atoms with E-state index in [-0.39, 0.29) is 24.1 Å². The van der Waals surface area contributed by atoms with E-state index in [1.54, 1.807) is 11.0 Å². The normalized spacial score (nSPS) is 17.7. The zero-order chi connectivity index (χ0) is 14.0. The maximum absolute atomic E-state index is 11.3. The highest BCUT2D eigenvalue weighted by atomic mass is 16.6. The van der Waals surface area contributed by atoms with Crippen molar-refractivity contribution in [3.63, 3.8) is 0 Å². The fourth-order valence-electron chi connectivity index (χ4n) is 2.39. The Morgan fingerprint density at radius 1 is 1.58 bits per heavy atom. The Kier molecular flexibility index (Phi) is 3.59. The van der Waals surface area contributed by atoms with Crippen molar-refractivity contribution in [3.05, 3.63) is 33.9 Å². The van der Waals surface area contributed by atoms with Gasteiger partial charge >= 0.3 is 0 Å². The SMILES string of the molecule is CC(=O)CN1c2ccc([N+](=O)[O-])cc2CCC1C=O. The molecular weight excluding hydrogens is 248 g/mol. The molecule has 0 amide bonds. The summed E-state index contributed by atoms with van der Waals surface area (Å²) in [6, 6.07) is 4.20. The van der Waals surface area contributed by atoms with Crippen LogP contribution in [-0.4, -0.2) is 29.6 Å². The number of ketones is 1. The third-order valence-electron chi connectivity index (χ3n) is 3.24. The second-order valence-corrected chi connectivity index (χ2v) is 4.64. The van der Waals surface area contributed by atoms with Crippen molar-refractivity contribution >= 4 is 23.4 Å². The van der Waals surface area contributed by atoms with Gasteiger partial charge < -0.3 is 9.69 Å². The minimum atomic E-state index is -0.443. The number of nitrogens with zero attached hydrogens (tertiary/aromatic N) is 2. The third kappa shape index (κ3) is 2.62. The summed E-state index contributed by atoms with van der Waals surface area (Å²) >= 11 is 0. The Morgan fingerprint density at radius 2 is 2.32 bits per heavy atom. The second-order valence-electron chi connectivity index (χ2n) is 4.64. The Morgan fingerprint density at radius 3 is 2.89 bits per heavy atom. The van der Waals surface area contributed by atoms with E-state index >= 15 is 0 Å². The van der Waals surface area contributed by atoms with Gasteiger partial charge in [-0.05, 0) is 31.4 Å². The first kappa shape index (κ1) is 13.2. The summed E-state index contributed by atoms with van der Waals surface area (Å²) in [4.78, 5) is 34.4. The quantitative estimate of drug-likeness (QED) is 0.466. The van der Waals surface area contributed by atoms with Crippen molar-refractivity contribution in [1.82, 2.24) is 0 Å². The number of carbonyl (C=O) groups is 2. The van der Waals surface area contributed by atoms with E-state index in [2.05, 4.69) is 0 Å². The molecule has 0 spiro atoms. The maximum atomic E-state index is 11.3. The van der Waals surface area contributed by atoms with E-state index < -0.39 is 4.92 Å². The molecule has 1 heterocycles. The number of carbonyl (C=O) groups excluding carboxylic acids is 2. The summed E-state index contributed by atoms with van der Waals surface area (Å²) in [5.41, 5.74) is 1.59. The highest BCUT2D eigenvalue weighted by molar-refractivity contribution is 5.84. The van der Waals surface area contributed by atoms with Crippen LogP contribution in [0, 0.1) is 10.1 Å². The van der Waals surface area contributed by atoms with Gasteiger partial charge in [0.1, 0.15) is 12.1 Å². The number of Topliss-reactive ketones (excluding diaryl/α,β-unsaturated/α-hetero) is 1. The molecule has 1 aliphatic heterocycles. The molecule has 1 aromatic carbocycles. The number of non-ortho nitro benzene ring substituents is 1. The summed E-state index contributed by atoms with van der Waals surface area (Å²) in [5, 5.41) is 10.7. The molecular formula is C13H14N2O4. The molecule has 0 bridgehead atoms. The van der Waals surface area contributed by atoms with Gasteiger partial charge in [0.25, 0.3) is 5.69 Å². The first-order valence-corrected chi connectivity index (χ1v) is 6.01. The molecule has 1 atom stereocenters. The molecule has 0 aliphatic carbocycles. The van der Waals surface area contributed by atoms with Gasteiger partial charge in [0.2, 0.25) is 0 Å². The van der Waals surface area contributed by atoms with Crippen LogP contribution in [0.1, 0.15) is 18.9 Å². The number of benzene rings is 1. The number of hydrogen-bond acceptors (Lipinski definition) is 5. The number of anilines is 1. The van der Waals surface area contributed by atoms with Crippen molar-refractivity contribution in [2.45, 2.75) is 25.8 Å². The molecule has 0 radical (unpaired) electrons. The minimum absolute atomic E-state index is 0.0334. The van der Waals surface area contributed by atoms with Gasteiger partial charge in [0, 0.05) is 17.8 Å². The van der Waals surface area contributed by atoms with Crippen molar-refractivity contribution in [3.8, 4) is 0 Å². The lowest BCUT2D eigenvalue weighted by Crippen LogP contribution is -2.43. The zero-order valence-corrected chi connectivity index (χ0v) is 10.5. The summed E-state index contributed by atoms with van der Waals surface area (Å²) in [6.07, 6.45) is 2.01. The first-order chi connectivity index (χ1) is 9.02. The van der Waals surface area contributed by atoms with E-state index in [1.807, 2.05) is 0 Å². The van der Waals surface area contributed by atoms with Gasteiger partial charge in [-0.3, -0.25) is 14.9 Å². The first-order valence-electron chi connectivity index (χ1n) is 6.01. The molecule has 1 aliphatic rings. The minimum Gasteiger partial charge on any atom is -0.354 e. The van der Waals surface area contributed by atoms with Gasteiger partial charge in [-0.1, -0.05) is 0 Å². The molecule has 6 heteroatoms. The molecule has 100 valence electrons. The molecule has 0 saturated heterocycles. The fourth-order valence-corrected chi connectivity index (χ4v) is 2.39. The molecule has 0 fully saturated rings. The molecule has 1 unspecified atom stereocenters. The molecule has 0 N–H and O–H groups in total. The van der Waals surface area contributed by atoms with Gasteiger partial charge in [0.15, 0.2) is 0 Å². The van der Waals surface area contributed by atoms with E-state index in [4.69, 9.17) is 0 Å². The van der Waals surface area contributed by atoms with Gasteiger partial charge in [0.05, 0.1) is 17.5 Å². The number of rotatable bonds is 4. The average molecular weight is 262 g/mol. The number of nitro benzene ring substituents is 1. The lowest BCUT2D eigenvalue weighted by Gasteiger charge is -2.35. The molecule has 0 aromatic heterocycles. The number of fused-ring (bicyclic) bond motifs is 1. The van der Waals surface area contributed by atoms with Crippen LogP contribution in [0.2, 0.25) is 0 Å². The summed E-state index contributed by atoms with van der Waals surface area (Å²) in [7, 11) is 0. The number of aryl methyl sites for hydroxylation is 1. The Hall–Kier alpha value is -2.24. The van der Waals surface area contributed by atoms with E-state index in [1.165, 1.54) is 19.1 Å². The Labute approximate surface area is 110 Å². The predicted octanol–water partition coefficient (Wildman–Crippen LogP) is 1.50. The van der Waals surface area contributed by atoms with Crippen molar-refractivity contribution in [2.75, 3.05) is 11.4 Å². The Bertz CT molecular complexity index is 541. The topological polar surface area (TPSA) is 80.5 Å². The smallest absolute Gasteiger partial charge is 0.269 e. The van der Waals surface area contributed by atoms with Crippen LogP contribution in [0.4, 0.5) is 11.4 Å². The molecule has 2 rings (SSSR count). The van der Waals surface area contributed by atoms with E-state index in [0.29, 0.717) is 12.8 Å². The van der Waals surface area contributed by atoms with Gasteiger partial charge in [-0.2, -0.15) is 0 Å². The van der Waals surface area contributed by atoms with Gasteiger partial charge in [-0.25, -0.2) is 0 Å². The van der Waals surface area contributed by atoms with E-state index in [9.17, 15) is 19.7 Å². The second kappa shape index (κ2) is 5.17. The van der Waals surface area contributed by atoms with Crippen LogP contribution in [0.25, 0.3) is 0 Å². The van der Waals surface area contributed by atoms with Crippen molar-refractivity contribution < 1.29 is 14.5 Å². The standard InChI is InChI=1S/C13H14N2O4/c1-9(17)7-14-12(8-16)3-2-10-6-11(15(18)19)4-5-13(10)14/h4-6,8,12H,2-3,7H2,1H3. The number of nitro groups is 1. The molecule has 19 heavy (non-hydrogen) atoms. The highest BCUT2D eigenvalue weighted by Gasteiger charge is 2.27. The Balaban J connectivity index is 2.41. The maximum Gasteiger partial charge on any atom is 0.269 e. The predicted molar refractivity (Wildman–Crippen MR) is 69.3 cm³/mol. The van der Waals surface area contributed by atoms with Crippen LogP contribution in [0.15, 0.2) is 18.2 Å². The monoisotopic (exact) mass is 262 g/mol. The average Bonchev–Trinajstić information content (AvgIpc) is 2.37. The summed E-state index contributed by atoms with van der Waals surface area (Å²) in [5.74, 6) is -0.0435. The largest absolute Gasteiger partial charge is 0.354 e. The van der Waals surface area contributed by atoms with Crippen molar-refractivity contribution in [1.29, 1.82) is 0 Å². The van der Waals surface area contributed by atoms with Crippen LogP contribution in [0.5, 0.6) is 0 Å². The number of hydrogen-bond donors (Lipinski definition) is 0. The lowest BCUT2D eigenvalue weighted by molar-refractivity contribution is -0.384. The highest BCUT2D eigenvalue weighted by Crippen LogP contribution is 2.32. The van der Waals surface area contributed by atoms with Gasteiger partial charge in [-0.15, -0.1) is 0 Å². The summed E-state index contributed by atoms with van der Waals surface area (Å²) in [6.45, 7) is 1.61. The van der Waals surface area contributed by atoms with Crippen LogP contribution in [-0.2, 0) is 16.0 Å². The van der Waals surface area contributed by atoms with Crippen molar-refractivity contribution in [2.24, 2.45) is 0 Å². The third-order valence-corrected chi connectivity index (χ3v) is 3.24. The summed E-state index contributed by atoms with van der Waals surface area (Å²) < 4.78 is 0. The molecule has 0 saturated carbocycles.